The van der Waals surface area contributed by atoms with Crippen molar-refractivity contribution in [3.63, 3.8) is 0 Å². The van der Waals surface area contributed by atoms with Crippen LogP contribution in [0.5, 0.6) is 0 Å². The summed E-state index contributed by atoms with van der Waals surface area (Å²) in [4.78, 5) is 0. The summed E-state index contributed by atoms with van der Waals surface area (Å²) in [5.74, 6) is -0.391. The van der Waals surface area contributed by atoms with Crippen LogP contribution >= 0.6 is 15.9 Å². The molecule has 16 heavy (non-hydrogen) atoms. The fourth-order valence-electron chi connectivity index (χ4n) is 1.52. The van der Waals surface area contributed by atoms with E-state index in [9.17, 15) is 9.50 Å². The van der Waals surface area contributed by atoms with Crippen LogP contribution in [0, 0.1) is 5.82 Å². The summed E-state index contributed by atoms with van der Waals surface area (Å²) in [6, 6.07) is 13.4. The van der Waals surface area contributed by atoms with Gasteiger partial charge in [0.2, 0.25) is 0 Å². The van der Waals surface area contributed by atoms with Gasteiger partial charge >= 0.3 is 0 Å². The van der Waals surface area contributed by atoms with Crippen LogP contribution in [0.4, 0.5) is 4.39 Å². The maximum atomic E-state index is 13.4. The Labute approximate surface area is 102 Å². The topological polar surface area (TPSA) is 20.2 Å². The van der Waals surface area contributed by atoms with Crippen molar-refractivity contribution in [3.8, 4) is 0 Å². The summed E-state index contributed by atoms with van der Waals surface area (Å²) in [6.45, 7) is 0. The monoisotopic (exact) mass is 280 g/mol. The number of halogens is 2. The third kappa shape index (κ3) is 2.31. The highest BCUT2D eigenvalue weighted by molar-refractivity contribution is 9.10. The first-order chi connectivity index (χ1) is 7.68. The Kier molecular flexibility index (Phi) is 3.36. The van der Waals surface area contributed by atoms with E-state index in [1.165, 1.54) is 6.07 Å². The van der Waals surface area contributed by atoms with Crippen LogP contribution in [0.1, 0.15) is 17.2 Å². The van der Waals surface area contributed by atoms with Gasteiger partial charge in [-0.15, -0.1) is 0 Å². The Bertz CT molecular complexity index is 482. The van der Waals surface area contributed by atoms with E-state index in [0.29, 0.717) is 11.1 Å². The van der Waals surface area contributed by atoms with E-state index < -0.39 is 11.9 Å². The minimum absolute atomic E-state index is 0.296. The lowest BCUT2D eigenvalue weighted by Crippen LogP contribution is -2.01. The van der Waals surface area contributed by atoms with Gasteiger partial charge in [0.15, 0.2) is 0 Å². The van der Waals surface area contributed by atoms with E-state index in [0.717, 1.165) is 4.47 Å². The Morgan fingerprint density at radius 3 is 2.25 bits per heavy atom. The maximum Gasteiger partial charge on any atom is 0.129 e. The Morgan fingerprint density at radius 2 is 1.62 bits per heavy atom. The summed E-state index contributed by atoms with van der Waals surface area (Å²) < 4.78 is 14.4. The highest BCUT2D eigenvalue weighted by Gasteiger charge is 2.13. The van der Waals surface area contributed by atoms with Crippen molar-refractivity contribution < 1.29 is 9.50 Å². The molecular formula is C13H10BrFO. The molecule has 0 amide bonds. The highest BCUT2D eigenvalue weighted by Crippen LogP contribution is 2.25. The average Bonchev–Trinajstić information content (AvgIpc) is 2.30. The van der Waals surface area contributed by atoms with Gasteiger partial charge in [-0.25, -0.2) is 4.39 Å². The molecule has 2 rings (SSSR count). The van der Waals surface area contributed by atoms with Gasteiger partial charge in [0.05, 0.1) is 0 Å². The molecule has 0 bridgehead atoms. The number of aliphatic hydroxyl groups excluding tert-OH is 1. The third-order valence-electron chi connectivity index (χ3n) is 2.39. The van der Waals surface area contributed by atoms with Gasteiger partial charge in [0.25, 0.3) is 0 Å². The molecule has 1 nitrogen and oxygen atoms in total. The zero-order valence-corrected chi connectivity index (χ0v) is 9.99. The van der Waals surface area contributed by atoms with Gasteiger partial charge in [-0.3, -0.25) is 0 Å². The molecule has 0 saturated heterocycles. The first-order valence-corrected chi connectivity index (χ1v) is 5.66. The Morgan fingerprint density at radius 1 is 1.00 bits per heavy atom. The molecule has 0 radical (unpaired) electrons. The van der Waals surface area contributed by atoms with Crippen LogP contribution in [-0.4, -0.2) is 5.11 Å². The number of hydrogen-bond donors (Lipinski definition) is 1. The van der Waals surface area contributed by atoms with Crippen LogP contribution in [-0.2, 0) is 0 Å². The normalized spacial score (nSPS) is 12.4. The smallest absolute Gasteiger partial charge is 0.129 e. The van der Waals surface area contributed by atoms with Gasteiger partial charge in [-0.1, -0.05) is 46.3 Å². The van der Waals surface area contributed by atoms with Crippen molar-refractivity contribution in [3.05, 3.63) is 69.9 Å². The van der Waals surface area contributed by atoms with E-state index in [2.05, 4.69) is 15.9 Å². The molecule has 0 aliphatic rings. The van der Waals surface area contributed by atoms with Crippen LogP contribution in [0.3, 0.4) is 0 Å². The molecule has 0 spiro atoms. The summed E-state index contributed by atoms with van der Waals surface area (Å²) in [6.07, 6.45) is -0.922. The Balaban J connectivity index is 2.35. The third-order valence-corrected chi connectivity index (χ3v) is 2.91. The lowest BCUT2D eigenvalue weighted by molar-refractivity contribution is 0.215. The van der Waals surface area contributed by atoms with Crippen molar-refractivity contribution in [1.82, 2.24) is 0 Å². The van der Waals surface area contributed by atoms with Crippen LogP contribution in [0.25, 0.3) is 0 Å². The molecule has 0 fully saturated rings. The molecule has 82 valence electrons. The fraction of sp³-hybridized carbons (Fsp3) is 0.0769. The number of aliphatic hydroxyl groups is 1. The number of hydrogen-bond acceptors (Lipinski definition) is 1. The first-order valence-electron chi connectivity index (χ1n) is 4.86. The predicted octanol–water partition coefficient (Wildman–Crippen LogP) is 3.67. The second kappa shape index (κ2) is 4.76. The van der Waals surface area contributed by atoms with Crippen LogP contribution in [0.15, 0.2) is 53.0 Å². The molecule has 2 aromatic carbocycles. The average molecular weight is 281 g/mol. The number of benzene rings is 2. The molecule has 1 N–H and O–H groups in total. The van der Waals surface area contributed by atoms with Crippen LogP contribution in [0.2, 0.25) is 0 Å². The quantitative estimate of drug-likeness (QED) is 0.890. The molecule has 2 aromatic rings. The molecule has 0 saturated carbocycles. The van der Waals surface area contributed by atoms with E-state index >= 15 is 0 Å². The SMILES string of the molecule is OC(c1ccc(Br)cc1)c1ccccc1F. The summed E-state index contributed by atoms with van der Waals surface area (Å²) >= 11 is 3.31. The molecule has 1 unspecified atom stereocenters. The highest BCUT2D eigenvalue weighted by atomic mass is 79.9. The Hall–Kier alpha value is -1.19. The van der Waals surface area contributed by atoms with Gasteiger partial charge in [0.1, 0.15) is 11.9 Å². The van der Waals surface area contributed by atoms with Crippen molar-refractivity contribution in [2.24, 2.45) is 0 Å². The van der Waals surface area contributed by atoms with Gasteiger partial charge < -0.3 is 5.11 Å². The summed E-state index contributed by atoms with van der Waals surface area (Å²) in [5.41, 5.74) is 0.970. The zero-order chi connectivity index (χ0) is 11.5. The van der Waals surface area contributed by atoms with Gasteiger partial charge in [-0.05, 0) is 23.8 Å². The minimum atomic E-state index is -0.922. The van der Waals surface area contributed by atoms with Crippen molar-refractivity contribution in [2.45, 2.75) is 6.10 Å². The van der Waals surface area contributed by atoms with Crippen LogP contribution < -0.4 is 0 Å². The van der Waals surface area contributed by atoms with E-state index in [-0.39, 0.29) is 0 Å². The van der Waals surface area contributed by atoms with Crippen molar-refractivity contribution >= 4 is 15.9 Å². The summed E-state index contributed by atoms with van der Waals surface area (Å²) in [7, 11) is 0. The second-order valence-corrected chi connectivity index (χ2v) is 4.39. The van der Waals surface area contributed by atoms with Gasteiger partial charge in [0, 0.05) is 10.0 Å². The standard InChI is InChI=1S/C13H10BrFO/c14-10-7-5-9(6-8-10)13(16)11-3-1-2-4-12(11)15/h1-8,13,16H. The van der Waals surface area contributed by atoms with Gasteiger partial charge in [-0.2, -0.15) is 0 Å². The molecular weight excluding hydrogens is 271 g/mol. The molecule has 0 aliphatic carbocycles. The molecule has 0 aliphatic heterocycles. The molecule has 0 heterocycles. The second-order valence-electron chi connectivity index (χ2n) is 3.48. The first kappa shape index (κ1) is 11.3. The minimum Gasteiger partial charge on any atom is -0.384 e. The largest absolute Gasteiger partial charge is 0.384 e. The molecule has 3 heteroatoms. The lowest BCUT2D eigenvalue weighted by atomic mass is 10.0. The molecule has 0 aromatic heterocycles. The van der Waals surface area contributed by atoms with E-state index in [1.54, 1.807) is 30.3 Å². The fourth-order valence-corrected chi connectivity index (χ4v) is 1.79. The number of rotatable bonds is 2. The van der Waals surface area contributed by atoms with E-state index in [1.807, 2.05) is 12.1 Å². The molecule has 1 atom stereocenters. The van der Waals surface area contributed by atoms with Crippen molar-refractivity contribution in [2.75, 3.05) is 0 Å². The van der Waals surface area contributed by atoms with Crippen molar-refractivity contribution in [1.29, 1.82) is 0 Å². The maximum absolute atomic E-state index is 13.4. The predicted molar refractivity (Wildman–Crippen MR) is 64.6 cm³/mol. The summed E-state index contributed by atoms with van der Waals surface area (Å²) in [5, 5.41) is 10.0. The lowest BCUT2D eigenvalue weighted by Gasteiger charge is -2.12. The zero-order valence-electron chi connectivity index (χ0n) is 8.40. The van der Waals surface area contributed by atoms with E-state index in [4.69, 9.17) is 0 Å².